The summed E-state index contributed by atoms with van der Waals surface area (Å²) in [6.45, 7) is 0. The third-order valence-electron chi connectivity index (χ3n) is 3.07. The topological polar surface area (TPSA) is 32.9 Å². The van der Waals surface area contributed by atoms with Gasteiger partial charge < -0.3 is 4.98 Å². The fourth-order valence-electron chi connectivity index (χ4n) is 2.33. The summed E-state index contributed by atoms with van der Waals surface area (Å²) >= 11 is 2.06. The Labute approximate surface area is 105 Å². The molecule has 2 nitrogen and oxygen atoms in total. The van der Waals surface area contributed by atoms with Gasteiger partial charge in [-0.1, -0.05) is 0 Å². The standard InChI is InChI=1S/C12H9FINO/c13-6-4-8-11(9(14)5-6)15-10-3-1-2-7(10)12(8)16/h4-5H,1-3H2,(H,15,16). The van der Waals surface area contributed by atoms with Crippen LogP contribution in [0.4, 0.5) is 4.39 Å². The van der Waals surface area contributed by atoms with E-state index >= 15 is 0 Å². The van der Waals surface area contributed by atoms with Crippen LogP contribution in [0, 0.1) is 9.39 Å². The van der Waals surface area contributed by atoms with E-state index in [9.17, 15) is 9.18 Å². The molecule has 0 unspecified atom stereocenters. The molecule has 1 aromatic carbocycles. The number of hydrogen-bond donors (Lipinski definition) is 1. The van der Waals surface area contributed by atoms with Crippen molar-refractivity contribution in [2.75, 3.05) is 0 Å². The van der Waals surface area contributed by atoms with Crippen LogP contribution in [0.1, 0.15) is 17.7 Å². The van der Waals surface area contributed by atoms with E-state index in [1.807, 2.05) is 0 Å². The quantitative estimate of drug-likeness (QED) is 0.741. The summed E-state index contributed by atoms with van der Waals surface area (Å²) in [5, 5.41) is 0.477. The molecule has 1 aliphatic carbocycles. The lowest BCUT2D eigenvalue weighted by atomic mass is 10.1. The van der Waals surface area contributed by atoms with Crippen molar-refractivity contribution in [1.82, 2.24) is 4.98 Å². The van der Waals surface area contributed by atoms with Gasteiger partial charge in [-0.25, -0.2) is 4.39 Å². The Morgan fingerprint density at radius 3 is 2.94 bits per heavy atom. The van der Waals surface area contributed by atoms with E-state index in [0.717, 1.165) is 39.6 Å². The van der Waals surface area contributed by atoms with E-state index < -0.39 is 0 Å². The zero-order chi connectivity index (χ0) is 11.3. The van der Waals surface area contributed by atoms with Gasteiger partial charge in [-0.05, 0) is 54.0 Å². The van der Waals surface area contributed by atoms with Gasteiger partial charge in [0.1, 0.15) is 5.82 Å². The Bertz CT molecular complexity index is 647. The van der Waals surface area contributed by atoms with E-state index in [0.29, 0.717) is 5.39 Å². The second-order valence-electron chi connectivity index (χ2n) is 4.07. The molecule has 3 rings (SSSR count). The zero-order valence-electron chi connectivity index (χ0n) is 8.44. The van der Waals surface area contributed by atoms with Crippen LogP contribution in [0.5, 0.6) is 0 Å². The average Bonchev–Trinajstić information content (AvgIpc) is 2.68. The van der Waals surface area contributed by atoms with E-state index in [2.05, 4.69) is 27.6 Å². The molecular formula is C12H9FINO. The number of rotatable bonds is 0. The molecule has 1 aliphatic rings. The van der Waals surface area contributed by atoms with Gasteiger partial charge in [0, 0.05) is 20.2 Å². The number of aryl methyl sites for hydroxylation is 1. The minimum absolute atomic E-state index is 0.00124. The SMILES string of the molecule is O=c1c2c([nH]c3c(I)cc(F)cc13)CCC2. The van der Waals surface area contributed by atoms with Crippen LogP contribution < -0.4 is 5.43 Å². The maximum Gasteiger partial charge on any atom is 0.192 e. The molecule has 2 aromatic rings. The molecule has 1 heterocycles. The molecule has 82 valence electrons. The van der Waals surface area contributed by atoms with Crippen LogP contribution in [0.25, 0.3) is 10.9 Å². The summed E-state index contributed by atoms with van der Waals surface area (Å²) in [5.41, 5.74) is 2.64. The number of aromatic amines is 1. The lowest BCUT2D eigenvalue weighted by Gasteiger charge is -2.05. The van der Waals surface area contributed by atoms with Crippen molar-refractivity contribution in [2.24, 2.45) is 0 Å². The number of halogens is 2. The molecule has 0 saturated carbocycles. The molecule has 0 fully saturated rings. The number of H-pyrrole nitrogens is 1. The van der Waals surface area contributed by atoms with Crippen molar-refractivity contribution in [1.29, 1.82) is 0 Å². The number of fused-ring (bicyclic) bond motifs is 2. The molecule has 0 saturated heterocycles. The van der Waals surface area contributed by atoms with Crippen molar-refractivity contribution >= 4 is 33.5 Å². The minimum Gasteiger partial charge on any atom is -0.357 e. The Morgan fingerprint density at radius 2 is 2.12 bits per heavy atom. The van der Waals surface area contributed by atoms with Crippen molar-refractivity contribution in [3.63, 3.8) is 0 Å². The summed E-state index contributed by atoms with van der Waals surface area (Å²) in [6.07, 6.45) is 2.75. The highest BCUT2D eigenvalue weighted by molar-refractivity contribution is 14.1. The van der Waals surface area contributed by atoms with Crippen LogP contribution in [-0.2, 0) is 12.8 Å². The Morgan fingerprint density at radius 1 is 1.31 bits per heavy atom. The first kappa shape index (κ1) is 10.3. The largest absolute Gasteiger partial charge is 0.357 e. The minimum atomic E-state index is -0.347. The molecule has 0 amide bonds. The van der Waals surface area contributed by atoms with Crippen LogP contribution in [0.2, 0.25) is 0 Å². The normalized spacial score (nSPS) is 14.4. The molecule has 0 atom stereocenters. The average molecular weight is 329 g/mol. The van der Waals surface area contributed by atoms with E-state index in [1.165, 1.54) is 12.1 Å². The summed E-state index contributed by atoms with van der Waals surface area (Å²) in [5.74, 6) is -0.347. The third kappa shape index (κ3) is 1.39. The van der Waals surface area contributed by atoms with E-state index in [-0.39, 0.29) is 11.2 Å². The maximum absolute atomic E-state index is 13.3. The smallest absolute Gasteiger partial charge is 0.192 e. The van der Waals surface area contributed by atoms with Crippen molar-refractivity contribution in [3.8, 4) is 0 Å². The highest BCUT2D eigenvalue weighted by Gasteiger charge is 2.18. The lowest BCUT2D eigenvalue weighted by molar-refractivity contribution is 0.628. The van der Waals surface area contributed by atoms with Crippen molar-refractivity contribution < 1.29 is 4.39 Å². The molecule has 0 radical (unpaired) electrons. The highest BCUT2D eigenvalue weighted by atomic mass is 127. The van der Waals surface area contributed by atoms with Crippen LogP contribution >= 0.6 is 22.6 Å². The molecule has 1 aromatic heterocycles. The lowest BCUT2D eigenvalue weighted by Crippen LogP contribution is -2.11. The summed E-state index contributed by atoms with van der Waals surface area (Å²) in [6, 6.07) is 2.77. The van der Waals surface area contributed by atoms with Gasteiger partial charge in [-0.15, -0.1) is 0 Å². The molecule has 1 N–H and O–H groups in total. The molecular weight excluding hydrogens is 320 g/mol. The van der Waals surface area contributed by atoms with Crippen LogP contribution in [0.3, 0.4) is 0 Å². The number of aromatic nitrogens is 1. The molecule has 16 heavy (non-hydrogen) atoms. The fraction of sp³-hybridized carbons (Fsp3) is 0.250. The third-order valence-corrected chi connectivity index (χ3v) is 3.92. The van der Waals surface area contributed by atoms with Crippen molar-refractivity contribution in [2.45, 2.75) is 19.3 Å². The first-order valence-electron chi connectivity index (χ1n) is 5.19. The van der Waals surface area contributed by atoms with E-state index in [4.69, 9.17) is 0 Å². The molecule has 4 heteroatoms. The van der Waals surface area contributed by atoms with Gasteiger partial charge in [0.25, 0.3) is 0 Å². The summed E-state index contributed by atoms with van der Waals surface area (Å²) < 4.78 is 14.0. The van der Waals surface area contributed by atoms with Gasteiger partial charge in [0.05, 0.1) is 5.52 Å². The second kappa shape index (κ2) is 3.55. The Hall–Kier alpha value is -0.910. The second-order valence-corrected chi connectivity index (χ2v) is 5.24. The predicted molar refractivity (Wildman–Crippen MR) is 69.3 cm³/mol. The maximum atomic E-state index is 13.3. The van der Waals surface area contributed by atoms with Gasteiger partial charge in [-0.2, -0.15) is 0 Å². The molecule has 0 aliphatic heterocycles. The van der Waals surface area contributed by atoms with E-state index in [1.54, 1.807) is 0 Å². The fourth-order valence-corrected chi connectivity index (χ4v) is 3.05. The summed E-state index contributed by atoms with van der Waals surface area (Å²) in [7, 11) is 0. The number of benzene rings is 1. The van der Waals surface area contributed by atoms with Gasteiger partial charge in [-0.3, -0.25) is 4.79 Å². The first-order valence-corrected chi connectivity index (χ1v) is 6.27. The Kier molecular flexibility index (Phi) is 2.27. The van der Waals surface area contributed by atoms with Gasteiger partial charge in [0.2, 0.25) is 0 Å². The first-order chi connectivity index (χ1) is 7.66. The summed E-state index contributed by atoms with van der Waals surface area (Å²) in [4.78, 5) is 15.4. The molecule has 0 bridgehead atoms. The van der Waals surface area contributed by atoms with Crippen LogP contribution in [0.15, 0.2) is 16.9 Å². The monoisotopic (exact) mass is 329 g/mol. The van der Waals surface area contributed by atoms with Crippen LogP contribution in [-0.4, -0.2) is 4.98 Å². The van der Waals surface area contributed by atoms with Gasteiger partial charge >= 0.3 is 0 Å². The number of hydrogen-bond acceptors (Lipinski definition) is 1. The Balaban J connectivity index is 2.51. The zero-order valence-corrected chi connectivity index (χ0v) is 10.6. The molecule has 0 spiro atoms. The van der Waals surface area contributed by atoms with Gasteiger partial charge in [0.15, 0.2) is 5.43 Å². The number of nitrogens with one attached hydrogen (secondary N) is 1. The van der Waals surface area contributed by atoms with Crippen molar-refractivity contribution in [3.05, 3.63) is 43.0 Å². The highest BCUT2D eigenvalue weighted by Crippen LogP contribution is 2.23. The number of pyridine rings is 1. The predicted octanol–water partition coefficient (Wildman–Crippen LogP) is 2.76.